The molecule has 0 saturated carbocycles. The molecule has 0 spiro atoms. The molecule has 0 aromatic rings. The van der Waals surface area contributed by atoms with E-state index in [1.54, 1.807) is 0 Å². The summed E-state index contributed by atoms with van der Waals surface area (Å²) in [6, 6.07) is 0. The Morgan fingerprint density at radius 1 is 1.70 bits per heavy atom. The van der Waals surface area contributed by atoms with Crippen molar-refractivity contribution in [2.24, 2.45) is 4.99 Å². The fourth-order valence-corrected chi connectivity index (χ4v) is 1.60. The minimum absolute atomic E-state index is 0.320. The van der Waals surface area contributed by atoms with E-state index in [0.29, 0.717) is 12.1 Å². The summed E-state index contributed by atoms with van der Waals surface area (Å²) in [5, 5.41) is 0. The number of hydrogen-bond donors (Lipinski definition) is 0. The van der Waals surface area contributed by atoms with Gasteiger partial charge in [0.1, 0.15) is 0 Å². The number of halogens is 2. The maximum Gasteiger partial charge on any atom is 0.239 e. The molecule has 0 aliphatic carbocycles. The normalized spacial score (nSPS) is 12.8. The van der Waals surface area contributed by atoms with Gasteiger partial charge in [-0.25, -0.2) is 9.79 Å². The molecule has 0 fully saturated rings. The SMILES string of the molecule is CC(CCN=C=O)[SiH](Cl)Cl. The summed E-state index contributed by atoms with van der Waals surface area (Å²) in [6.07, 6.45) is 2.26. The molecule has 0 radical (unpaired) electrons. The van der Waals surface area contributed by atoms with E-state index in [4.69, 9.17) is 22.2 Å². The summed E-state index contributed by atoms with van der Waals surface area (Å²) < 4.78 is 0. The van der Waals surface area contributed by atoms with Crippen LogP contribution in [0.2, 0.25) is 5.54 Å². The van der Waals surface area contributed by atoms with Crippen molar-refractivity contribution in [3.8, 4) is 0 Å². The van der Waals surface area contributed by atoms with Gasteiger partial charge in [0.05, 0.1) is 6.54 Å². The van der Waals surface area contributed by atoms with Gasteiger partial charge in [-0.3, -0.25) is 0 Å². The lowest BCUT2D eigenvalue weighted by Crippen LogP contribution is -2.04. The van der Waals surface area contributed by atoms with Crippen LogP contribution in [0.5, 0.6) is 0 Å². The lowest BCUT2D eigenvalue weighted by atomic mass is 10.3. The van der Waals surface area contributed by atoms with Crippen LogP contribution in [0.3, 0.4) is 0 Å². The van der Waals surface area contributed by atoms with Crippen LogP contribution in [0.25, 0.3) is 0 Å². The van der Waals surface area contributed by atoms with E-state index in [-0.39, 0.29) is 0 Å². The molecule has 0 rings (SSSR count). The molecule has 0 aromatic heterocycles. The van der Waals surface area contributed by atoms with Crippen molar-refractivity contribution >= 4 is 35.7 Å². The van der Waals surface area contributed by atoms with Gasteiger partial charge in [0.2, 0.25) is 13.5 Å². The minimum Gasteiger partial charge on any atom is -0.211 e. The third-order valence-corrected chi connectivity index (χ3v) is 4.97. The van der Waals surface area contributed by atoms with Gasteiger partial charge in [-0.15, -0.1) is 0 Å². The predicted molar refractivity (Wildman–Crippen MR) is 45.9 cm³/mol. The zero-order chi connectivity index (χ0) is 7.98. The van der Waals surface area contributed by atoms with Crippen LogP contribution in [0.15, 0.2) is 4.99 Å². The molecule has 0 heterocycles. The smallest absolute Gasteiger partial charge is 0.211 e. The van der Waals surface area contributed by atoms with Crippen molar-refractivity contribution in [1.29, 1.82) is 0 Å². The molecule has 0 N–H and O–H groups in total. The summed E-state index contributed by atoms with van der Waals surface area (Å²) in [5.74, 6) is 0. The Kier molecular flexibility index (Phi) is 6.03. The van der Waals surface area contributed by atoms with E-state index in [1.165, 1.54) is 6.08 Å². The van der Waals surface area contributed by atoms with Gasteiger partial charge < -0.3 is 0 Å². The van der Waals surface area contributed by atoms with E-state index in [2.05, 4.69) is 4.99 Å². The fourth-order valence-electron chi connectivity index (χ4n) is 0.440. The van der Waals surface area contributed by atoms with Gasteiger partial charge in [0, 0.05) is 0 Å². The Hall–Kier alpha value is 0.177. The highest BCUT2D eigenvalue weighted by molar-refractivity contribution is 7.34. The zero-order valence-corrected chi connectivity index (χ0v) is 8.35. The Labute approximate surface area is 71.3 Å². The van der Waals surface area contributed by atoms with Crippen molar-refractivity contribution in [2.45, 2.75) is 18.9 Å². The van der Waals surface area contributed by atoms with E-state index in [1.807, 2.05) is 6.92 Å². The van der Waals surface area contributed by atoms with E-state index in [0.717, 1.165) is 6.42 Å². The average molecular weight is 198 g/mol. The third-order valence-electron chi connectivity index (χ3n) is 1.19. The first kappa shape index (κ1) is 10.2. The number of rotatable bonds is 4. The van der Waals surface area contributed by atoms with Crippen molar-refractivity contribution in [1.82, 2.24) is 0 Å². The third kappa shape index (κ3) is 5.00. The average Bonchev–Trinajstić information content (AvgIpc) is 1.88. The lowest BCUT2D eigenvalue weighted by molar-refractivity contribution is 0.562. The molecule has 58 valence electrons. The number of isocyanates is 1. The highest BCUT2D eigenvalue weighted by Crippen LogP contribution is 2.19. The maximum absolute atomic E-state index is 9.61. The van der Waals surface area contributed by atoms with Crippen LogP contribution in [-0.2, 0) is 4.79 Å². The molecule has 0 aliphatic heterocycles. The molecule has 0 bridgehead atoms. The molecule has 0 amide bonds. The van der Waals surface area contributed by atoms with Crippen LogP contribution in [0.1, 0.15) is 13.3 Å². The first-order valence-electron chi connectivity index (χ1n) is 3.00. The van der Waals surface area contributed by atoms with Crippen LogP contribution in [-0.4, -0.2) is 20.0 Å². The van der Waals surface area contributed by atoms with Gasteiger partial charge in [0.15, 0.2) is 0 Å². The Morgan fingerprint density at radius 2 is 2.30 bits per heavy atom. The second-order valence-corrected chi connectivity index (χ2v) is 7.37. The zero-order valence-electron chi connectivity index (χ0n) is 5.68. The Bertz CT molecular complexity index is 136. The van der Waals surface area contributed by atoms with E-state index in [9.17, 15) is 4.79 Å². The first-order valence-corrected chi connectivity index (χ1v) is 7.16. The summed E-state index contributed by atoms with van der Waals surface area (Å²) in [5.41, 5.74) is 0.320. The van der Waals surface area contributed by atoms with Gasteiger partial charge in [-0.1, -0.05) is 6.92 Å². The topological polar surface area (TPSA) is 29.4 Å². The van der Waals surface area contributed by atoms with Crippen molar-refractivity contribution in [2.75, 3.05) is 6.54 Å². The Balaban J connectivity index is 3.39. The van der Waals surface area contributed by atoms with Gasteiger partial charge in [0.25, 0.3) is 0 Å². The molecule has 0 saturated heterocycles. The van der Waals surface area contributed by atoms with Crippen molar-refractivity contribution in [3.05, 3.63) is 0 Å². The number of aliphatic imine (C=N–C) groups is 1. The molecule has 0 aromatic carbocycles. The highest BCUT2D eigenvalue weighted by Gasteiger charge is 2.12. The maximum atomic E-state index is 9.61. The van der Waals surface area contributed by atoms with Gasteiger partial charge in [-0.2, -0.15) is 22.2 Å². The molecule has 1 atom stereocenters. The molecule has 2 nitrogen and oxygen atoms in total. The highest BCUT2D eigenvalue weighted by atomic mass is 35.7. The molecular weight excluding hydrogens is 189 g/mol. The summed E-state index contributed by atoms with van der Waals surface area (Å²) >= 11 is 11.3. The molecular formula is C5H9Cl2NOSi. The molecule has 10 heavy (non-hydrogen) atoms. The summed E-state index contributed by atoms with van der Waals surface area (Å²) in [6.45, 7) is 2.46. The number of nitrogens with zero attached hydrogens (tertiary/aromatic N) is 1. The number of carbonyl (C=O) groups excluding carboxylic acids is 1. The fraction of sp³-hybridized carbons (Fsp3) is 0.800. The van der Waals surface area contributed by atoms with Crippen LogP contribution in [0.4, 0.5) is 0 Å². The van der Waals surface area contributed by atoms with Gasteiger partial charge in [-0.05, 0) is 12.0 Å². The van der Waals surface area contributed by atoms with Crippen LogP contribution < -0.4 is 0 Å². The van der Waals surface area contributed by atoms with Crippen LogP contribution in [0, 0.1) is 0 Å². The monoisotopic (exact) mass is 197 g/mol. The number of hydrogen-bond acceptors (Lipinski definition) is 2. The van der Waals surface area contributed by atoms with E-state index < -0.39 is 7.42 Å². The van der Waals surface area contributed by atoms with E-state index >= 15 is 0 Å². The molecule has 1 unspecified atom stereocenters. The quantitative estimate of drug-likeness (QED) is 0.293. The minimum atomic E-state index is -1.55. The molecule has 0 aliphatic rings. The first-order chi connectivity index (χ1) is 4.68. The second-order valence-electron chi connectivity index (χ2n) is 2.07. The van der Waals surface area contributed by atoms with Crippen LogP contribution >= 0.6 is 22.2 Å². The lowest BCUT2D eigenvalue weighted by Gasteiger charge is -2.06. The summed E-state index contributed by atoms with van der Waals surface area (Å²) in [4.78, 5) is 13.0. The Morgan fingerprint density at radius 3 is 2.70 bits per heavy atom. The largest absolute Gasteiger partial charge is 0.239 e. The van der Waals surface area contributed by atoms with Gasteiger partial charge >= 0.3 is 0 Å². The second kappa shape index (κ2) is 5.92. The van der Waals surface area contributed by atoms with Crippen molar-refractivity contribution in [3.63, 3.8) is 0 Å². The predicted octanol–water partition coefficient (Wildman–Crippen LogP) is 1.80. The standard InChI is InChI=1S/C5H9Cl2NOSi/c1-5(10(6)7)2-3-8-4-9/h5,10H,2-3H2,1H3. The summed E-state index contributed by atoms with van der Waals surface area (Å²) in [7, 11) is -1.55. The van der Waals surface area contributed by atoms with Crippen molar-refractivity contribution < 1.29 is 4.79 Å². The molecule has 5 heteroatoms.